The molecular formula is C20H20ClN3O5S. The van der Waals surface area contributed by atoms with Crippen molar-refractivity contribution < 1.29 is 17.9 Å². The SMILES string of the molecule is COCCNC(=O)c1c[nH]c2ccc(S(=O)(=O)N(C)c3ccc(Cl)cc3)cc2c1=O. The van der Waals surface area contributed by atoms with Crippen molar-refractivity contribution in [1.82, 2.24) is 10.3 Å². The first-order valence-electron chi connectivity index (χ1n) is 8.93. The Morgan fingerprint density at radius 3 is 2.57 bits per heavy atom. The molecule has 1 aromatic heterocycles. The van der Waals surface area contributed by atoms with Crippen LogP contribution in [0.15, 0.2) is 58.4 Å². The fourth-order valence-corrected chi connectivity index (χ4v) is 4.18. The van der Waals surface area contributed by atoms with Crippen LogP contribution in [0.1, 0.15) is 10.4 Å². The van der Waals surface area contributed by atoms with Crippen LogP contribution in [0.4, 0.5) is 5.69 Å². The maximum atomic E-state index is 13.1. The number of carbonyl (C=O) groups is 1. The molecule has 0 saturated carbocycles. The minimum Gasteiger partial charge on any atom is -0.383 e. The molecule has 0 unspecified atom stereocenters. The van der Waals surface area contributed by atoms with Gasteiger partial charge >= 0.3 is 0 Å². The van der Waals surface area contributed by atoms with E-state index in [1.165, 1.54) is 38.6 Å². The number of ether oxygens (including phenoxy) is 1. The molecule has 8 nitrogen and oxygen atoms in total. The van der Waals surface area contributed by atoms with Gasteiger partial charge in [-0.25, -0.2) is 8.42 Å². The number of anilines is 1. The molecule has 0 saturated heterocycles. The number of hydrogen-bond acceptors (Lipinski definition) is 5. The van der Waals surface area contributed by atoms with E-state index in [4.69, 9.17) is 16.3 Å². The largest absolute Gasteiger partial charge is 0.383 e. The number of nitrogens with one attached hydrogen (secondary N) is 2. The number of halogens is 1. The van der Waals surface area contributed by atoms with E-state index in [1.54, 1.807) is 24.3 Å². The Bertz CT molecular complexity index is 1240. The number of carbonyl (C=O) groups excluding carboxylic acids is 1. The predicted octanol–water partition coefficient (Wildman–Crippen LogP) is 2.38. The first kappa shape index (κ1) is 21.8. The third-order valence-corrected chi connectivity index (χ3v) is 6.57. The first-order chi connectivity index (χ1) is 14.3. The van der Waals surface area contributed by atoms with E-state index >= 15 is 0 Å². The lowest BCUT2D eigenvalue weighted by Gasteiger charge is -2.19. The van der Waals surface area contributed by atoms with Gasteiger partial charge in [-0.1, -0.05) is 11.6 Å². The molecule has 0 bridgehead atoms. The van der Waals surface area contributed by atoms with E-state index < -0.39 is 21.4 Å². The third kappa shape index (κ3) is 4.33. The molecule has 30 heavy (non-hydrogen) atoms. The van der Waals surface area contributed by atoms with Crippen LogP contribution < -0.4 is 15.1 Å². The zero-order chi connectivity index (χ0) is 21.9. The van der Waals surface area contributed by atoms with Crippen LogP contribution in [0.3, 0.4) is 0 Å². The van der Waals surface area contributed by atoms with Crippen LogP contribution >= 0.6 is 11.6 Å². The number of nitrogens with zero attached hydrogens (tertiary/aromatic N) is 1. The second-order valence-electron chi connectivity index (χ2n) is 6.44. The number of pyridine rings is 1. The number of methoxy groups -OCH3 is 1. The molecule has 0 radical (unpaired) electrons. The molecule has 3 rings (SSSR count). The molecule has 2 N–H and O–H groups in total. The summed E-state index contributed by atoms with van der Waals surface area (Å²) in [5.74, 6) is -0.568. The Hall–Kier alpha value is -2.88. The average molecular weight is 450 g/mol. The summed E-state index contributed by atoms with van der Waals surface area (Å²) in [7, 11) is -1.04. The van der Waals surface area contributed by atoms with Gasteiger partial charge in [0.2, 0.25) is 5.43 Å². The second-order valence-corrected chi connectivity index (χ2v) is 8.84. The highest BCUT2D eigenvalue weighted by Crippen LogP contribution is 2.25. The topological polar surface area (TPSA) is 109 Å². The summed E-state index contributed by atoms with van der Waals surface area (Å²) in [5.41, 5.74) is 0.158. The van der Waals surface area contributed by atoms with Gasteiger partial charge in [-0.3, -0.25) is 13.9 Å². The van der Waals surface area contributed by atoms with Crippen LogP contribution in [0.25, 0.3) is 10.9 Å². The Labute approximate surface area is 178 Å². The van der Waals surface area contributed by atoms with Gasteiger partial charge < -0.3 is 15.0 Å². The zero-order valence-electron chi connectivity index (χ0n) is 16.3. The van der Waals surface area contributed by atoms with Gasteiger partial charge in [0.1, 0.15) is 5.56 Å². The molecule has 0 fully saturated rings. The summed E-state index contributed by atoms with van der Waals surface area (Å²) in [6.07, 6.45) is 1.31. The fraction of sp³-hybridized carbons (Fsp3) is 0.200. The molecule has 1 amide bonds. The molecule has 158 valence electrons. The van der Waals surface area contributed by atoms with Crippen molar-refractivity contribution in [2.24, 2.45) is 0 Å². The second kappa shape index (κ2) is 8.86. The summed E-state index contributed by atoms with van der Waals surface area (Å²) in [6.45, 7) is 0.545. The molecule has 0 aliphatic carbocycles. The fourth-order valence-electron chi connectivity index (χ4n) is 2.84. The van der Waals surface area contributed by atoms with E-state index in [9.17, 15) is 18.0 Å². The van der Waals surface area contributed by atoms with Crippen molar-refractivity contribution in [3.63, 3.8) is 0 Å². The molecule has 2 aromatic carbocycles. The van der Waals surface area contributed by atoms with Gasteiger partial charge in [0.25, 0.3) is 15.9 Å². The van der Waals surface area contributed by atoms with Crippen molar-refractivity contribution in [3.8, 4) is 0 Å². The van der Waals surface area contributed by atoms with Crippen LogP contribution in [0.2, 0.25) is 5.02 Å². The molecular weight excluding hydrogens is 430 g/mol. The molecule has 10 heteroatoms. The number of sulfonamides is 1. The van der Waals surface area contributed by atoms with Gasteiger partial charge in [0.05, 0.1) is 17.2 Å². The van der Waals surface area contributed by atoms with Crippen LogP contribution in [0, 0.1) is 0 Å². The summed E-state index contributed by atoms with van der Waals surface area (Å²) >= 11 is 5.86. The Kier molecular flexibility index (Phi) is 6.45. The number of benzene rings is 2. The summed E-state index contributed by atoms with van der Waals surface area (Å²) in [4.78, 5) is 27.9. The maximum Gasteiger partial charge on any atom is 0.264 e. The Balaban J connectivity index is 2.01. The normalized spacial score (nSPS) is 11.4. The third-order valence-electron chi connectivity index (χ3n) is 4.54. The van der Waals surface area contributed by atoms with Gasteiger partial charge in [-0.2, -0.15) is 0 Å². The standard InChI is InChI=1S/C20H20ClN3O5S/c1-24(14-5-3-13(21)4-6-14)30(27,28)15-7-8-18-16(11-15)19(25)17(12-23-18)20(26)22-9-10-29-2/h3-8,11-12H,9-10H2,1-2H3,(H,22,26)(H,23,25). The lowest BCUT2D eigenvalue weighted by atomic mass is 10.1. The molecule has 0 aliphatic rings. The van der Waals surface area contributed by atoms with Gasteiger partial charge in [-0.15, -0.1) is 0 Å². The van der Waals surface area contributed by atoms with Crippen LogP contribution in [-0.2, 0) is 14.8 Å². The van der Waals surface area contributed by atoms with Gasteiger partial charge in [-0.05, 0) is 42.5 Å². The lowest BCUT2D eigenvalue weighted by Crippen LogP contribution is -2.31. The molecule has 0 atom stereocenters. The Morgan fingerprint density at radius 2 is 1.90 bits per heavy atom. The number of H-pyrrole nitrogens is 1. The molecule has 3 aromatic rings. The van der Waals surface area contributed by atoms with Crippen molar-refractivity contribution in [1.29, 1.82) is 0 Å². The van der Waals surface area contributed by atoms with Crippen LogP contribution in [-0.4, -0.2) is 46.6 Å². The minimum atomic E-state index is -3.94. The smallest absolute Gasteiger partial charge is 0.264 e. The Morgan fingerprint density at radius 1 is 1.20 bits per heavy atom. The van der Waals surface area contributed by atoms with Gasteiger partial charge in [0.15, 0.2) is 0 Å². The highest BCUT2D eigenvalue weighted by Gasteiger charge is 2.23. The summed E-state index contributed by atoms with van der Waals surface area (Å²) in [5, 5.41) is 3.15. The highest BCUT2D eigenvalue weighted by atomic mass is 35.5. The van der Waals surface area contributed by atoms with E-state index in [0.29, 0.717) is 22.8 Å². The maximum absolute atomic E-state index is 13.1. The minimum absolute atomic E-state index is 0.0742. The van der Waals surface area contributed by atoms with E-state index in [1.807, 2.05) is 0 Å². The number of aromatic nitrogens is 1. The highest BCUT2D eigenvalue weighted by molar-refractivity contribution is 7.92. The number of fused-ring (bicyclic) bond motifs is 1. The van der Waals surface area contributed by atoms with E-state index in [2.05, 4.69) is 10.3 Å². The number of amides is 1. The first-order valence-corrected chi connectivity index (χ1v) is 10.7. The summed E-state index contributed by atoms with van der Waals surface area (Å²) in [6, 6.07) is 10.5. The zero-order valence-corrected chi connectivity index (χ0v) is 17.9. The average Bonchev–Trinajstić information content (AvgIpc) is 2.74. The molecule has 0 aliphatic heterocycles. The van der Waals surface area contributed by atoms with Crippen LogP contribution in [0.5, 0.6) is 0 Å². The van der Waals surface area contributed by atoms with Crippen molar-refractivity contribution >= 4 is 44.1 Å². The lowest BCUT2D eigenvalue weighted by molar-refractivity contribution is 0.0936. The monoisotopic (exact) mass is 449 g/mol. The predicted molar refractivity (Wildman–Crippen MR) is 116 cm³/mol. The summed E-state index contributed by atoms with van der Waals surface area (Å²) < 4.78 is 32.1. The van der Waals surface area contributed by atoms with Gasteiger partial charge in [0, 0.05) is 42.8 Å². The van der Waals surface area contributed by atoms with Crippen molar-refractivity contribution in [2.75, 3.05) is 31.6 Å². The van der Waals surface area contributed by atoms with Crippen molar-refractivity contribution in [3.05, 3.63) is 69.5 Å². The molecule has 1 heterocycles. The van der Waals surface area contributed by atoms with E-state index in [-0.39, 0.29) is 22.4 Å². The number of hydrogen-bond donors (Lipinski definition) is 2. The number of aromatic amines is 1. The van der Waals surface area contributed by atoms with Crippen molar-refractivity contribution in [2.45, 2.75) is 4.90 Å². The van der Waals surface area contributed by atoms with E-state index in [0.717, 1.165) is 4.31 Å². The molecule has 0 spiro atoms. The quantitative estimate of drug-likeness (QED) is 0.538. The number of rotatable bonds is 7.